The molecule has 2 heterocycles. The molecule has 0 aromatic heterocycles. The number of hydrogen-bond donors (Lipinski definition) is 1. The van der Waals surface area contributed by atoms with Crippen molar-refractivity contribution in [3.8, 4) is 0 Å². The first-order chi connectivity index (χ1) is 11.8. The van der Waals surface area contributed by atoms with Crippen LogP contribution in [-0.2, 0) is 15.9 Å². The first-order valence-electron chi connectivity index (χ1n) is 9.16. The molecule has 1 aromatic rings. The second-order valence-corrected chi connectivity index (χ2v) is 7.21. The highest BCUT2D eigenvalue weighted by atomic mass is 35.5. The van der Waals surface area contributed by atoms with E-state index in [1.54, 1.807) is 0 Å². The number of rotatable bonds is 6. The number of piperidine rings is 1. The number of nitrogens with one attached hydrogen (secondary N) is 1. The molecular weight excluding hydrogens is 359 g/mol. The highest BCUT2D eigenvalue weighted by Crippen LogP contribution is 2.24. The van der Waals surface area contributed by atoms with Crippen molar-refractivity contribution in [2.24, 2.45) is 0 Å². The summed E-state index contributed by atoms with van der Waals surface area (Å²) in [6.07, 6.45) is 3.65. The van der Waals surface area contributed by atoms with Crippen LogP contribution in [0.15, 0.2) is 24.3 Å². The van der Waals surface area contributed by atoms with Crippen LogP contribution in [0.2, 0.25) is 5.02 Å². The second kappa shape index (κ2) is 10.7. The lowest BCUT2D eigenvalue weighted by Gasteiger charge is -2.45. The van der Waals surface area contributed by atoms with Crippen LogP contribution in [0.25, 0.3) is 0 Å². The highest BCUT2D eigenvalue weighted by molar-refractivity contribution is 6.30. The minimum Gasteiger partial charge on any atom is -0.379 e. The Kier molecular flexibility index (Phi) is 8.97. The maximum Gasteiger partial charge on any atom is 0.0935 e. The maximum atomic E-state index is 6.10. The molecule has 0 spiro atoms. The summed E-state index contributed by atoms with van der Waals surface area (Å²) in [4.78, 5) is 2.68. The molecule has 0 amide bonds. The SMILES string of the molecule is CCOC[C@H]1CN(C2CCNCC2)[C@@H](Cc2ccc(Cl)cc2)CO1.Cl. The average Bonchev–Trinajstić information content (AvgIpc) is 2.63. The fraction of sp³-hybridized carbons (Fsp3) is 0.684. The zero-order valence-corrected chi connectivity index (χ0v) is 16.5. The molecule has 2 aliphatic heterocycles. The first-order valence-corrected chi connectivity index (χ1v) is 9.54. The Hall–Kier alpha value is -0.360. The minimum atomic E-state index is 0. The Morgan fingerprint density at radius 3 is 2.64 bits per heavy atom. The zero-order chi connectivity index (χ0) is 16.8. The summed E-state index contributed by atoms with van der Waals surface area (Å²) in [6.45, 7) is 7.48. The molecule has 3 rings (SSSR count). The summed E-state index contributed by atoms with van der Waals surface area (Å²) < 4.78 is 11.7. The van der Waals surface area contributed by atoms with Crippen LogP contribution in [0.5, 0.6) is 0 Å². The molecule has 1 N–H and O–H groups in total. The van der Waals surface area contributed by atoms with Gasteiger partial charge in [-0.2, -0.15) is 0 Å². The molecule has 2 atom stereocenters. The van der Waals surface area contributed by atoms with Gasteiger partial charge in [-0.3, -0.25) is 4.90 Å². The largest absolute Gasteiger partial charge is 0.379 e. The van der Waals surface area contributed by atoms with Crippen LogP contribution < -0.4 is 5.32 Å². The topological polar surface area (TPSA) is 33.7 Å². The van der Waals surface area contributed by atoms with Crippen LogP contribution in [-0.4, -0.2) is 62.5 Å². The summed E-state index contributed by atoms with van der Waals surface area (Å²) in [6, 6.07) is 9.31. The van der Waals surface area contributed by atoms with Gasteiger partial charge in [-0.05, 0) is 57.0 Å². The van der Waals surface area contributed by atoms with Crippen LogP contribution in [0.1, 0.15) is 25.3 Å². The Morgan fingerprint density at radius 1 is 1.24 bits per heavy atom. The van der Waals surface area contributed by atoms with Gasteiger partial charge in [-0.25, -0.2) is 0 Å². The summed E-state index contributed by atoms with van der Waals surface area (Å²) in [7, 11) is 0. The second-order valence-electron chi connectivity index (χ2n) is 6.78. The van der Waals surface area contributed by atoms with Crippen molar-refractivity contribution in [1.29, 1.82) is 0 Å². The van der Waals surface area contributed by atoms with Crippen LogP contribution in [0.4, 0.5) is 0 Å². The van der Waals surface area contributed by atoms with E-state index in [0.717, 1.165) is 44.3 Å². The van der Waals surface area contributed by atoms with Crippen molar-refractivity contribution in [3.05, 3.63) is 34.9 Å². The predicted octanol–water partition coefficient (Wildman–Crippen LogP) is 3.16. The normalized spacial score (nSPS) is 25.5. The van der Waals surface area contributed by atoms with Gasteiger partial charge in [-0.15, -0.1) is 12.4 Å². The minimum absolute atomic E-state index is 0. The van der Waals surface area contributed by atoms with E-state index < -0.39 is 0 Å². The van der Waals surface area contributed by atoms with Crippen LogP contribution in [0, 0.1) is 0 Å². The quantitative estimate of drug-likeness (QED) is 0.811. The van der Waals surface area contributed by atoms with Gasteiger partial charge in [0.1, 0.15) is 0 Å². The lowest BCUT2D eigenvalue weighted by molar-refractivity contribution is -0.107. The van der Waals surface area contributed by atoms with Gasteiger partial charge < -0.3 is 14.8 Å². The van der Waals surface area contributed by atoms with Crippen molar-refractivity contribution in [1.82, 2.24) is 10.2 Å². The van der Waals surface area contributed by atoms with E-state index >= 15 is 0 Å². The van der Waals surface area contributed by atoms with Crippen molar-refractivity contribution >= 4 is 24.0 Å². The number of morpholine rings is 1. The summed E-state index contributed by atoms with van der Waals surface area (Å²) in [5.41, 5.74) is 1.33. The van der Waals surface area contributed by atoms with Gasteiger partial charge >= 0.3 is 0 Å². The van der Waals surface area contributed by atoms with Gasteiger partial charge in [0.15, 0.2) is 0 Å². The third-order valence-electron chi connectivity index (χ3n) is 5.08. The Morgan fingerprint density at radius 2 is 1.96 bits per heavy atom. The van der Waals surface area contributed by atoms with E-state index in [2.05, 4.69) is 22.3 Å². The monoisotopic (exact) mass is 388 g/mol. The molecular formula is C19H30Cl2N2O2. The van der Waals surface area contributed by atoms with Gasteiger partial charge in [0.25, 0.3) is 0 Å². The van der Waals surface area contributed by atoms with Gasteiger partial charge in [0, 0.05) is 30.3 Å². The summed E-state index contributed by atoms with van der Waals surface area (Å²) >= 11 is 6.02. The number of nitrogens with zero attached hydrogens (tertiary/aromatic N) is 1. The number of hydrogen-bond acceptors (Lipinski definition) is 4. The van der Waals surface area contributed by atoms with E-state index in [1.807, 2.05) is 19.1 Å². The molecule has 6 heteroatoms. The molecule has 2 fully saturated rings. The predicted molar refractivity (Wildman–Crippen MR) is 105 cm³/mol. The Labute approximate surface area is 162 Å². The maximum absolute atomic E-state index is 6.10. The molecule has 142 valence electrons. The molecule has 2 saturated heterocycles. The van der Waals surface area contributed by atoms with Crippen LogP contribution >= 0.6 is 24.0 Å². The standard InChI is InChI=1S/C19H29ClN2O2.ClH/c1-2-23-14-19-12-22(17-7-9-21-10-8-17)18(13-24-19)11-15-3-5-16(20)6-4-15;/h3-6,17-19,21H,2,7-14H2,1H3;1H/t18-,19+;/m0./s1. The summed E-state index contributed by atoms with van der Waals surface area (Å²) in [5.74, 6) is 0. The molecule has 0 radical (unpaired) electrons. The van der Waals surface area contributed by atoms with Crippen molar-refractivity contribution < 1.29 is 9.47 Å². The molecule has 25 heavy (non-hydrogen) atoms. The van der Waals surface area contributed by atoms with Crippen molar-refractivity contribution in [2.75, 3.05) is 39.5 Å². The third-order valence-corrected chi connectivity index (χ3v) is 5.33. The number of ether oxygens (including phenoxy) is 2. The molecule has 0 saturated carbocycles. The Balaban J connectivity index is 0.00000225. The van der Waals surface area contributed by atoms with E-state index in [4.69, 9.17) is 21.1 Å². The lowest BCUT2D eigenvalue weighted by Crippen LogP contribution is -2.57. The van der Waals surface area contributed by atoms with Crippen LogP contribution in [0.3, 0.4) is 0 Å². The van der Waals surface area contributed by atoms with E-state index in [9.17, 15) is 0 Å². The Bertz CT molecular complexity index is 495. The molecule has 2 aliphatic rings. The van der Waals surface area contributed by atoms with E-state index in [-0.39, 0.29) is 18.5 Å². The van der Waals surface area contributed by atoms with E-state index in [0.29, 0.717) is 18.7 Å². The number of benzene rings is 1. The molecule has 4 nitrogen and oxygen atoms in total. The van der Waals surface area contributed by atoms with Crippen molar-refractivity contribution in [2.45, 2.75) is 44.4 Å². The smallest absolute Gasteiger partial charge is 0.0935 e. The first kappa shape index (κ1) is 20.9. The number of halogens is 2. The van der Waals surface area contributed by atoms with Gasteiger partial charge in [-0.1, -0.05) is 23.7 Å². The zero-order valence-electron chi connectivity index (χ0n) is 15.0. The average molecular weight is 389 g/mol. The molecule has 0 aliphatic carbocycles. The lowest BCUT2D eigenvalue weighted by atomic mass is 9.97. The van der Waals surface area contributed by atoms with Crippen molar-refractivity contribution in [3.63, 3.8) is 0 Å². The van der Waals surface area contributed by atoms with Gasteiger partial charge in [0.05, 0.1) is 19.3 Å². The van der Waals surface area contributed by atoms with E-state index in [1.165, 1.54) is 18.4 Å². The van der Waals surface area contributed by atoms with Gasteiger partial charge in [0.2, 0.25) is 0 Å². The fourth-order valence-electron chi connectivity index (χ4n) is 3.78. The highest BCUT2D eigenvalue weighted by Gasteiger charge is 2.34. The molecule has 0 bridgehead atoms. The fourth-order valence-corrected chi connectivity index (χ4v) is 3.91. The molecule has 1 aromatic carbocycles. The summed E-state index contributed by atoms with van der Waals surface area (Å²) in [5, 5.41) is 4.27. The third kappa shape index (κ3) is 6.09. The molecule has 0 unspecified atom stereocenters.